The number of benzene rings is 1. The SMILES string of the molecule is COc1ccc(C(CO)c2sc(C)nc2C)cc1. The van der Waals surface area contributed by atoms with Crippen molar-refractivity contribution < 1.29 is 9.84 Å². The molecule has 18 heavy (non-hydrogen) atoms. The number of thiazole rings is 1. The minimum atomic E-state index is 0.00195. The first-order chi connectivity index (χ1) is 8.65. The number of aliphatic hydroxyl groups is 1. The zero-order valence-corrected chi connectivity index (χ0v) is 11.6. The van der Waals surface area contributed by atoms with Crippen LogP contribution in [0.5, 0.6) is 5.75 Å². The van der Waals surface area contributed by atoms with Gasteiger partial charge in [0, 0.05) is 10.8 Å². The Morgan fingerprint density at radius 3 is 2.39 bits per heavy atom. The maximum atomic E-state index is 9.64. The molecule has 96 valence electrons. The van der Waals surface area contributed by atoms with E-state index in [0.29, 0.717) is 0 Å². The Morgan fingerprint density at radius 1 is 1.28 bits per heavy atom. The van der Waals surface area contributed by atoms with Gasteiger partial charge in [-0.25, -0.2) is 4.98 Å². The van der Waals surface area contributed by atoms with Gasteiger partial charge in [-0.3, -0.25) is 0 Å². The quantitative estimate of drug-likeness (QED) is 0.922. The lowest BCUT2D eigenvalue weighted by Crippen LogP contribution is -2.05. The zero-order valence-electron chi connectivity index (χ0n) is 10.8. The standard InChI is InChI=1S/C14H17NO2S/c1-9-14(18-10(2)15-9)13(8-16)11-4-6-12(17-3)7-5-11/h4-7,13,16H,8H2,1-3H3. The molecule has 1 heterocycles. The van der Waals surface area contributed by atoms with Crippen LogP contribution in [-0.4, -0.2) is 23.8 Å². The number of ether oxygens (including phenoxy) is 1. The first-order valence-electron chi connectivity index (χ1n) is 5.84. The lowest BCUT2D eigenvalue weighted by Gasteiger charge is -2.14. The molecule has 2 rings (SSSR count). The Kier molecular flexibility index (Phi) is 3.99. The van der Waals surface area contributed by atoms with Crippen molar-refractivity contribution in [2.75, 3.05) is 13.7 Å². The minimum absolute atomic E-state index is 0.00195. The Hall–Kier alpha value is -1.39. The first kappa shape index (κ1) is 13.1. The maximum absolute atomic E-state index is 9.64. The van der Waals surface area contributed by atoms with Crippen molar-refractivity contribution in [3.63, 3.8) is 0 Å². The number of methoxy groups -OCH3 is 1. The molecule has 0 spiro atoms. The number of nitrogens with zero attached hydrogens (tertiary/aromatic N) is 1. The zero-order chi connectivity index (χ0) is 13.1. The van der Waals surface area contributed by atoms with Gasteiger partial charge in [-0.1, -0.05) is 12.1 Å². The van der Waals surface area contributed by atoms with Crippen molar-refractivity contribution in [1.29, 1.82) is 0 Å². The predicted octanol–water partition coefficient (Wildman–Crippen LogP) is 2.89. The molecule has 1 aromatic carbocycles. The van der Waals surface area contributed by atoms with E-state index >= 15 is 0 Å². The number of aliphatic hydroxyl groups excluding tert-OH is 1. The van der Waals surface area contributed by atoms with E-state index in [2.05, 4.69) is 4.98 Å². The number of hydrogen-bond acceptors (Lipinski definition) is 4. The van der Waals surface area contributed by atoms with E-state index in [-0.39, 0.29) is 12.5 Å². The molecule has 0 saturated heterocycles. The van der Waals surface area contributed by atoms with E-state index in [9.17, 15) is 5.11 Å². The first-order valence-corrected chi connectivity index (χ1v) is 6.66. The van der Waals surface area contributed by atoms with Gasteiger partial charge in [0.15, 0.2) is 0 Å². The molecule has 0 saturated carbocycles. The van der Waals surface area contributed by atoms with Crippen molar-refractivity contribution in [1.82, 2.24) is 4.98 Å². The fourth-order valence-corrected chi connectivity index (χ4v) is 3.09. The molecule has 1 N–H and O–H groups in total. The van der Waals surface area contributed by atoms with Gasteiger partial charge in [-0.05, 0) is 31.5 Å². The molecule has 0 amide bonds. The molecule has 0 aliphatic carbocycles. The van der Waals surface area contributed by atoms with Gasteiger partial charge in [0.1, 0.15) is 5.75 Å². The third kappa shape index (κ3) is 2.54. The van der Waals surface area contributed by atoms with Crippen LogP contribution < -0.4 is 4.74 Å². The highest BCUT2D eigenvalue weighted by atomic mass is 32.1. The summed E-state index contributed by atoms with van der Waals surface area (Å²) in [5.74, 6) is 0.828. The third-order valence-electron chi connectivity index (χ3n) is 2.96. The second kappa shape index (κ2) is 5.50. The summed E-state index contributed by atoms with van der Waals surface area (Å²) in [6.07, 6.45) is 0. The molecule has 3 nitrogen and oxygen atoms in total. The van der Waals surface area contributed by atoms with Crippen LogP contribution in [-0.2, 0) is 0 Å². The van der Waals surface area contributed by atoms with Crippen molar-refractivity contribution in [2.45, 2.75) is 19.8 Å². The van der Waals surface area contributed by atoms with E-state index in [0.717, 1.165) is 26.9 Å². The molecular weight excluding hydrogens is 246 g/mol. The van der Waals surface area contributed by atoms with Gasteiger partial charge in [0.25, 0.3) is 0 Å². The Labute approximate surface area is 111 Å². The average molecular weight is 263 g/mol. The highest BCUT2D eigenvalue weighted by Gasteiger charge is 2.18. The normalized spacial score (nSPS) is 12.4. The van der Waals surface area contributed by atoms with Gasteiger partial charge < -0.3 is 9.84 Å². The van der Waals surface area contributed by atoms with Crippen LogP contribution in [0.4, 0.5) is 0 Å². The fraction of sp³-hybridized carbons (Fsp3) is 0.357. The molecule has 1 unspecified atom stereocenters. The lowest BCUT2D eigenvalue weighted by molar-refractivity contribution is 0.281. The lowest BCUT2D eigenvalue weighted by atomic mass is 9.97. The third-order valence-corrected chi connectivity index (χ3v) is 4.14. The molecule has 2 aromatic rings. The summed E-state index contributed by atoms with van der Waals surface area (Å²) >= 11 is 1.65. The number of aromatic nitrogens is 1. The summed E-state index contributed by atoms with van der Waals surface area (Å²) in [6, 6.07) is 7.82. The topological polar surface area (TPSA) is 42.4 Å². The van der Waals surface area contributed by atoms with Crippen LogP contribution in [0.25, 0.3) is 0 Å². The van der Waals surface area contributed by atoms with Gasteiger partial charge >= 0.3 is 0 Å². The van der Waals surface area contributed by atoms with Crippen LogP contribution >= 0.6 is 11.3 Å². The smallest absolute Gasteiger partial charge is 0.118 e. The summed E-state index contributed by atoms with van der Waals surface area (Å²) < 4.78 is 5.14. The van der Waals surface area contributed by atoms with Crippen LogP contribution in [0, 0.1) is 13.8 Å². The van der Waals surface area contributed by atoms with Crippen molar-refractivity contribution in [3.8, 4) is 5.75 Å². The van der Waals surface area contributed by atoms with Crippen LogP contribution in [0.3, 0.4) is 0 Å². The van der Waals surface area contributed by atoms with Gasteiger partial charge in [-0.15, -0.1) is 11.3 Å². The van der Waals surface area contributed by atoms with Crippen LogP contribution in [0.15, 0.2) is 24.3 Å². The largest absolute Gasteiger partial charge is 0.497 e. The van der Waals surface area contributed by atoms with Crippen LogP contribution in [0.2, 0.25) is 0 Å². The van der Waals surface area contributed by atoms with Gasteiger partial charge in [-0.2, -0.15) is 0 Å². The highest BCUT2D eigenvalue weighted by molar-refractivity contribution is 7.11. The van der Waals surface area contributed by atoms with Gasteiger partial charge in [0.2, 0.25) is 0 Å². The molecule has 0 aliphatic rings. The molecule has 0 fully saturated rings. The summed E-state index contributed by atoms with van der Waals surface area (Å²) in [7, 11) is 1.65. The molecule has 0 radical (unpaired) electrons. The molecule has 0 aliphatic heterocycles. The van der Waals surface area contributed by atoms with Crippen LogP contribution in [0.1, 0.15) is 27.1 Å². The average Bonchev–Trinajstić information content (AvgIpc) is 2.70. The Morgan fingerprint density at radius 2 is 1.94 bits per heavy atom. The van der Waals surface area contributed by atoms with Crippen molar-refractivity contribution in [2.24, 2.45) is 0 Å². The molecule has 0 bridgehead atoms. The van der Waals surface area contributed by atoms with Crippen molar-refractivity contribution >= 4 is 11.3 Å². The summed E-state index contributed by atoms with van der Waals surface area (Å²) in [4.78, 5) is 5.56. The highest BCUT2D eigenvalue weighted by Crippen LogP contribution is 2.32. The second-order valence-corrected chi connectivity index (χ2v) is 5.43. The van der Waals surface area contributed by atoms with E-state index in [1.165, 1.54) is 0 Å². The molecular formula is C14H17NO2S. The summed E-state index contributed by atoms with van der Waals surface area (Å²) in [6.45, 7) is 4.07. The minimum Gasteiger partial charge on any atom is -0.497 e. The van der Waals surface area contributed by atoms with E-state index < -0.39 is 0 Å². The summed E-state index contributed by atoms with van der Waals surface area (Å²) in [5.41, 5.74) is 2.09. The monoisotopic (exact) mass is 263 g/mol. The van der Waals surface area contributed by atoms with Crippen molar-refractivity contribution in [3.05, 3.63) is 45.4 Å². The molecule has 1 atom stereocenters. The number of aryl methyl sites for hydroxylation is 2. The van der Waals surface area contributed by atoms with E-state index in [4.69, 9.17) is 4.74 Å². The van der Waals surface area contributed by atoms with E-state index in [1.54, 1.807) is 18.4 Å². The maximum Gasteiger partial charge on any atom is 0.118 e. The molecule has 4 heteroatoms. The second-order valence-electron chi connectivity index (χ2n) is 4.19. The number of rotatable bonds is 4. The fourth-order valence-electron chi connectivity index (χ4n) is 2.05. The Balaban J connectivity index is 2.35. The molecule has 1 aromatic heterocycles. The summed E-state index contributed by atoms with van der Waals surface area (Å²) in [5, 5.41) is 10.7. The van der Waals surface area contributed by atoms with Gasteiger partial charge in [0.05, 0.1) is 24.4 Å². The Bertz CT molecular complexity index is 519. The predicted molar refractivity (Wildman–Crippen MR) is 73.5 cm³/mol. The number of hydrogen-bond donors (Lipinski definition) is 1. The van der Waals surface area contributed by atoms with E-state index in [1.807, 2.05) is 38.1 Å².